The van der Waals surface area contributed by atoms with E-state index in [2.05, 4.69) is 20.4 Å². The lowest BCUT2D eigenvalue weighted by Crippen LogP contribution is -2.65. The number of nitrogens with zero attached hydrogens (tertiary/aromatic N) is 7. The lowest BCUT2D eigenvalue weighted by atomic mass is 9.49. The third-order valence-electron chi connectivity index (χ3n) is 12.2. The summed E-state index contributed by atoms with van der Waals surface area (Å²) in [5.74, 6) is -2.30. The number of carbonyl (C=O) groups excluding carboxylic acids is 2. The molecule has 5 heterocycles. The van der Waals surface area contributed by atoms with E-state index in [0.717, 1.165) is 30.9 Å². The second kappa shape index (κ2) is 11.9. The van der Waals surface area contributed by atoms with E-state index in [1.54, 1.807) is 16.4 Å². The molecule has 3 fully saturated rings. The van der Waals surface area contributed by atoms with Crippen LogP contribution in [0.2, 0.25) is 0 Å². The molecule has 4 aromatic rings. The van der Waals surface area contributed by atoms with Crippen LogP contribution in [0, 0.1) is 24.6 Å². The van der Waals surface area contributed by atoms with Crippen molar-refractivity contribution in [3.05, 3.63) is 80.8 Å². The summed E-state index contributed by atoms with van der Waals surface area (Å²) < 4.78 is 62.8. The Morgan fingerprint density at radius 1 is 1.13 bits per heavy atom. The summed E-state index contributed by atoms with van der Waals surface area (Å²) in [4.78, 5) is 56.9. The highest BCUT2D eigenvalue weighted by Crippen LogP contribution is 2.68. The number of halogens is 4. The molecule has 2 aliphatic heterocycles. The van der Waals surface area contributed by atoms with Crippen LogP contribution in [0.15, 0.2) is 35.4 Å². The number of anilines is 1. The van der Waals surface area contributed by atoms with Crippen LogP contribution in [-0.2, 0) is 27.7 Å². The van der Waals surface area contributed by atoms with Crippen molar-refractivity contribution in [2.24, 2.45) is 11.8 Å². The molecule has 3 aromatic heterocycles. The molecular formula is C36H34F4N8O5. The molecule has 2 amide bonds. The summed E-state index contributed by atoms with van der Waals surface area (Å²) >= 11 is 0. The summed E-state index contributed by atoms with van der Waals surface area (Å²) in [6, 6.07) is 1.69. The maximum Gasteiger partial charge on any atom is 0.416 e. The number of hydrogen-bond acceptors (Lipinski definition) is 9. The molecule has 5 aliphatic rings. The van der Waals surface area contributed by atoms with Crippen LogP contribution in [0.4, 0.5) is 23.2 Å². The van der Waals surface area contributed by atoms with Gasteiger partial charge in [-0.15, -0.1) is 5.10 Å². The van der Waals surface area contributed by atoms with E-state index in [4.69, 9.17) is 9.72 Å². The number of alkyl halides is 3. The average Bonchev–Trinajstić information content (AvgIpc) is 3.61. The van der Waals surface area contributed by atoms with Gasteiger partial charge in [0.2, 0.25) is 11.7 Å². The number of piperidine rings is 1. The van der Waals surface area contributed by atoms with Gasteiger partial charge in [0.15, 0.2) is 17.3 Å². The minimum atomic E-state index is -4.76. The van der Waals surface area contributed by atoms with Crippen molar-refractivity contribution in [3.63, 3.8) is 0 Å². The summed E-state index contributed by atoms with van der Waals surface area (Å²) in [5.41, 5.74) is -0.339. The number of hydrogen-bond donors (Lipinski definition) is 2. The minimum Gasteiger partial charge on any atom is -0.504 e. The first-order chi connectivity index (χ1) is 25.4. The predicted octanol–water partition coefficient (Wildman–Crippen LogP) is 4.37. The van der Waals surface area contributed by atoms with Crippen LogP contribution in [0.25, 0.3) is 11.4 Å². The second-order valence-electron chi connectivity index (χ2n) is 14.6. The van der Waals surface area contributed by atoms with Crippen LogP contribution >= 0.6 is 0 Å². The predicted molar refractivity (Wildman–Crippen MR) is 178 cm³/mol. The molecule has 0 bridgehead atoms. The number of carbonyl (C=O) groups is 2. The molecule has 1 spiro atoms. The fourth-order valence-corrected chi connectivity index (χ4v) is 9.57. The van der Waals surface area contributed by atoms with Crippen LogP contribution in [-0.4, -0.2) is 76.8 Å². The van der Waals surface area contributed by atoms with E-state index in [-0.39, 0.29) is 46.6 Å². The number of amides is 2. The zero-order valence-corrected chi connectivity index (χ0v) is 28.5. The van der Waals surface area contributed by atoms with E-state index >= 15 is 0 Å². The number of aromatic nitrogens is 6. The molecule has 276 valence electrons. The zero-order valence-electron chi connectivity index (χ0n) is 28.5. The average molecular weight is 735 g/mol. The van der Waals surface area contributed by atoms with Gasteiger partial charge in [0, 0.05) is 35.2 Å². The maximum atomic E-state index is 14.8. The topological polar surface area (TPSA) is 157 Å². The molecule has 0 radical (unpaired) electrons. The van der Waals surface area contributed by atoms with Gasteiger partial charge in [0.1, 0.15) is 18.7 Å². The molecule has 17 heteroatoms. The lowest BCUT2D eigenvalue weighted by molar-refractivity contribution is -0.137. The molecule has 3 aliphatic carbocycles. The molecule has 5 atom stereocenters. The number of ether oxygens (including phenoxy) is 1. The van der Waals surface area contributed by atoms with Gasteiger partial charge in [0.05, 0.1) is 30.2 Å². The maximum absolute atomic E-state index is 14.8. The Bertz CT molecular complexity index is 2320. The summed E-state index contributed by atoms with van der Waals surface area (Å²) in [6.07, 6.45) is 2.36. The highest BCUT2D eigenvalue weighted by molar-refractivity contribution is 5.95. The molecule has 1 saturated heterocycles. The number of rotatable bonds is 5. The standard InChI is InChI=1S/C36H34F4N8O5/c1-17-30(50)28(42-16-41-17)33(52)46-11-10-35(22-5-7-25(22)46)21-4-3-20(21)29-27(35)32(51)48-34(44-31(45-48)18-8-12-53-13-9-18)47(29)15-26(49)43-24-6-2-19(14-23(24)37)36(38,39)40/h2,6,8,14,16,20-22,25,50H,3-5,7,9-13,15H2,1H3,(H,43,49)/t20-,21+,22+,25-,35+/m0/s1. The number of aromatic hydroxyl groups is 1. The first kappa shape index (κ1) is 33.6. The third kappa shape index (κ3) is 4.95. The molecule has 0 unspecified atom stereocenters. The zero-order chi connectivity index (χ0) is 37.0. The first-order valence-electron chi connectivity index (χ1n) is 17.7. The first-order valence-corrected chi connectivity index (χ1v) is 17.7. The Morgan fingerprint density at radius 2 is 1.94 bits per heavy atom. The normalized spacial score (nSPS) is 26.0. The van der Waals surface area contributed by atoms with Crippen molar-refractivity contribution in [3.8, 4) is 5.75 Å². The van der Waals surface area contributed by atoms with E-state index in [9.17, 15) is 37.1 Å². The van der Waals surface area contributed by atoms with Gasteiger partial charge in [0.25, 0.3) is 11.5 Å². The van der Waals surface area contributed by atoms with Gasteiger partial charge >= 0.3 is 6.18 Å². The van der Waals surface area contributed by atoms with Gasteiger partial charge in [-0.1, -0.05) is 6.08 Å². The minimum absolute atomic E-state index is 0.0522. The molecule has 2 N–H and O–H groups in total. The number of fused-ring (bicyclic) bond motifs is 8. The molecule has 1 aromatic carbocycles. The fourth-order valence-electron chi connectivity index (χ4n) is 9.57. The van der Waals surface area contributed by atoms with E-state index in [0.29, 0.717) is 73.9 Å². The Labute approximate surface area is 298 Å². The Balaban J connectivity index is 1.14. The largest absolute Gasteiger partial charge is 0.504 e. The van der Waals surface area contributed by atoms with Crippen molar-refractivity contribution in [2.45, 2.75) is 75.5 Å². The Hall–Kier alpha value is -5.19. The van der Waals surface area contributed by atoms with Gasteiger partial charge in [-0.3, -0.25) is 14.4 Å². The van der Waals surface area contributed by atoms with Gasteiger partial charge < -0.3 is 24.6 Å². The van der Waals surface area contributed by atoms with Gasteiger partial charge in [-0.2, -0.15) is 22.7 Å². The fraction of sp³-hybridized carbons (Fsp3) is 0.472. The third-order valence-corrected chi connectivity index (χ3v) is 12.2. The van der Waals surface area contributed by atoms with Crippen LogP contribution < -0.4 is 10.9 Å². The Morgan fingerprint density at radius 3 is 2.62 bits per heavy atom. The number of aryl methyl sites for hydroxylation is 1. The quantitative estimate of drug-likeness (QED) is 0.285. The van der Waals surface area contributed by atoms with Crippen LogP contribution in [0.1, 0.15) is 83.3 Å². The highest BCUT2D eigenvalue weighted by Gasteiger charge is 2.67. The summed E-state index contributed by atoms with van der Waals surface area (Å²) in [7, 11) is 0. The molecule has 9 rings (SSSR count). The van der Waals surface area contributed by atoms with Gasteiger partial charge in [-0.25, -0.2) is 14.4 Å². The van der Waals surface area contributed by atoms with Gasteiger partial charge in [-0.05, 0) is 81.1 Å². The SMILES string of the molecule is Cc1ncnc(C(=O)N2CC[C@]3(c4c(n(CC(=O)Nc5ccc(C(F)(F)F)cc5F)c5nc(C6=CCOCC6)nn5c4=O)[C@H]4CC[C@H]43)[C@@H]3CC[C@@H]32)c1O. The second-order valence-corrected chi connectivity index (χ2v) is 14.6. The van der Waals surface area contributed by atoms with E-state index in [1.807, 2.05) is 6.08 Å². The highest BCUT2D eigenvalue weighted by atomic mass is 19.4. The molecule has 53 heavy (non-hydrogen) atoms. The van der Waals surface area contributed by atoms with Crippen molar-refractivity contribution in [1.29, 1.82) is 0 Å². The number of likely N-dealkylation sites (tertiary alicyclic amines) is 1. The van der Waals surface area contributed by atoms with Crippen molar-refractivity contribution >= 4 is 28.9 Å². The molecule has 2 saturated carbocycles. The monoisotopic (exact) mass is 734 g/mol. The summed E-state index contributed by atoms with van der Waals surface area (Å²) in [5, 5.41) is 17.7. The van der Waals surface area contributed by atoms with Crippen molar-refractivity contribution in [2.75, 3.05) is 25.1 Å². The number of benzene rings is 1. The van der Waals surface area contributed by atoms with Crippen molar-refractivity contribution < 1.29 is 37.0 Å². The van der Waals surface area contributed by atoms with E-state index in [1.165, 1.54) is 10.8 Å². The number of nitrogens with one attached hydrogen (secondary N) is 1. The smallest absolute Gasteiger partial charge is 0.416 e. The van der Waals surface area contributed by atoms with Crippen LogP contribution in [0.3, 0.4) is 0 Å². The molecule has 13 nitrogen and oxygen atoms in total. The lowest BCUT2D eigenvalue weighted by Gasteiger charge is -2.60. The molecular weight excluding hydrogens is 700 g/mol. The Kier molecular flexibility index (Phi) is 7.56. The van der Waals surface area contributed by atoms with Crippen molar-refractivity contribution in [1.82, 2.24) is 34.0 Å². The van der Waals surface area contributed by atoms with E-state index < -0.39 is 47.0 Å². The summed E-state index contributed by atoms with van der Waals surface area (Å²) in [6.45, 7) is 2.30. The van der Waals surface area contributed by atoms with Crippen LogP contribution in [0.5, 0.6) is 5.75 Å².